The molecule has 3 atom stereocenters. The maximum absolute atomic E-state index is 15.1. The number of rotatable bonds is 16. The van der Waals surface area contributed by atoms with Gasteiger partial charge in [0, 0.05) is 18.3 Å². The van der Waals surface area contributed by atoms with Gasteiger partial charge < -0.3 is 4.74 Å². The second-order valence-corrected chi connectivity index (χ2v) is 12.0. The molecule has 2 aromatic rings. The number of unbranched alkanes of at least 4 members (excludes halogenated alkanes) is 3. The van der Waals surface area contributed by atoms with Gasteiger partial charge in [0.25, 0.3) is 0 Å². The van der Waals surface area contributed by atoms with E-state index in [1.165, 1.54) is 51.4 Å². The Morgan fingerprint density at radius 2 is 1.68 bits per heavy atom. The van der Waals surface area contributed by atoms with E-state index in [1.807, 2.05) is 12.4 Å². The van der Waals surface area contributed by atoms with E-state index in [0.717, 1.165) is 66.8 Å². The number of hydrogen-bond donors (Lipinski definition) is 0. The third kappa shape index (κ3) is 7.99. The highest BCUT2D eigenvalue weighted by Gasteiger charge is 2.30. The van der Waals surface area contributed by atoms with Crippen LogP contribution in [0.15, 0.2) is 18.5 Å². The van der Waals surface area contributed by atoms with Crippen molar-refractivity contribution >= 4 is 0 Å². The van der Waals surface area contributed by atoms with Gasteiger partial charge in [0.1, 0.15) is 5.82 Å². The lowest BCUT2D eigenvalue weighted by Crippen LogP contribution is -2.18. The fraction of sp³-hybridized carbons (Fsp3) is 0.697. The van der Waals surface area contributed by atoms with Crippen molar-refractivity contribution < 1.29 is 13.5 Å². The van der Waals surface area contributed by atoms with Crippen molar-refractivity contribution in [3.05, 3.63) is 52.6 Å². The number of nitrogens with zero attached hydrogens (tertiary/aromatic N) is 2. The Morgan fingerprint density at radius 3 is 2.39 bits per heavy atom. The summed E-state index contributed by atoms with van der Waals surface area (Å²) in [6.07, 6.45) is 20.2. The second-order valence-electron chi connectivity index (χ2n) is 12.0. The van der Waals surface area contributed by atoms with Crippen molar-refractivity contribution in [1.82, 2.24) is 9.97 Å². The highest BCUT2D eigenvalue weighted by Crippen LogP contribution is 2.41. The predicted molar refractivity (Wildman–Crippen MR) is 151 cm³/mol. The molecule has 1 heterocycles. The van der Waals surface area contributed by atoms with Crippen molar-refractivity contribution in [3.63, 3.8) is 0 Å². The van der Waals surface area contributed by atoms with E-state index < -0.39 is 11.6 Å². The van der Waals surface area contributed by atoms with Crippen LogP contribution in [0.4, 0.5) is 8.78 Å². The Labute approximate surface area is 229 Å². The molecule has 0 amide bonds. The molecule has 3 unspecified atom stereocenters. The van der Waals surface area contributed by atoms with Gasteiger partial charge in [-0.3, -0.25) is 0 Å². The Kier molecular flexibility index (Phi) is 11.0. The summed E-state index contributed by atoms with van der Waals surface area (Å²) in [5.41, 5.74) is 2.49. The van der Waals surface area contributed by atoms with Crippen molar-refractivity contribution in [1.29, 1.82) is 0 Å². The molecule has 0 bridgehead atoms. The average molecular weight is 527 g/mol. The van der Waals surface area contributed by atoms with E-state index in [-0.39, 0.29) is 11.7 Å². The zero-order chi connectivity index (χ0) is 26.9. The van der Waals surface area contributed by atoms with E-state index in [9.17, 15) is 4.39 Å². The van der Waals surface area contributed by atoms with Crippen LogP contribution in [0.5, 0.6) is 5.75 Å². The molecule has 3 nitrogen and oxygen atoms in total. The lowest BCUT2D eigenvalue weighted by atomic mass is 9.83. The van der Waals surface area contributed by atoms with Crippen LogP contribution in [-0.4, -0.2) is 16.6 Å². The fourth-order valence-corrected chi connectivity index (χ4v) is 6.08. The summed E-state index contributed by atoms with van der Waals surface area (Å²) in [7, 11) is 0. The van der Waals surface area contributed by atoms with E-state index in [1.54, 1.807) is 6.07 Å². The van der Waals surface area contributed by atoms with Crippen LogP contribution >= 0.6 is 0 Å². The van der Waals surface area contributed by atoms with E-state index >= 15 is 4.39 Å². The van der Waals surface area contributed by atoms with Crippen LogP contribution in [0, 0.1) is 29.4 Å². The summed E-state index contributed by atoms with van der Waals surface area (Å²) >= 11 is 0. The van der Waals surface area contributed by atoms with E-state index in [4.69, 9.17) is 4.74 Å². The number of aryl methyl sites for hydroxylation is 2. The highest BCUT2D eigenvalue weighted by molar-refractivity contribution is 5.41. The van der Waals surface area contributed by atoms with Gasteiger partial charge in [-0.05, 0) is 91.9 Å². The average Bonchev–Trinajstić information content (AvgIpc) is 3.79. The van der Waals surface area contributed by atoms with Crippen LogP contribution in [0.3, 0.4) is 0 Å². The number of fused-ring (bicyclic) bond motifs is 1. The molecule has 4 rings (SSSR count). The van der Waals surface area contributed by atoms with E-state index in [0.29, 0.717) is 25.0 Å². The standard InChI is InChI=1S/C33H48F2N2O/c1-4-23(3)11-8-9-12-24-21-36-33(37-22-24)28-17-16-27-20-30(32(35)31(34)29(27)19-28)38-18-10-6-7-13-25(5-2)26-14-15-26/h20-23,25-26,28H,4-19H2,1-3H3. The Balaban J connectivity index is 1.24. The molecule has 2 aliphatic carbocycles. The minimum absolute atomic E-state index is 0.0187. The summed E-state index contributed by atoms with van der Waals surface area (Å²) in [5.74, 6) is 1.85. The number of benzene rings is 1. The molecule has 0 radical (unpaired) electrons. The Bertz CT molecular complexity index is 1010. The molecular formula is C33H48F2N2O. The largest absolute Gasteiger partial charge is 0.490 e. The Morgan fingerprint density at radius 1 is 0.921 bits per heavy atom. The fourth-order valence-electron chi connectivity index (χ4n) is 6.08. The van der Waals surface area contributed by atoms with Crippen molar-refractivity contribution in [3.8, 4) is 5.75 Å². The van der Waals surface area contributed by atoms with Crippen molar-refractivity contribution in [2.24, 2.45) is 17.8 Å². The number of ether oxygens (including phenoxy) is 1. The van der Waals surface area contributed by atoms with Crippen LogP contribution in [-0.2, 0) is 19.3 Å². The lowest BCUT2D eigenvalue weighted by Gasteiger charge is -2.25. The molecule has 0 saturated heterocycles. The normalized spacial score (nSPS) is 18.7. The van der Waals surface area contributed by atoms with E-state index in [2.05, 4.69) is 30.7 Å². The van der Waals surface area contributed by atoms with Gasteiger partial charge in [-0.2, -0.15) is 4.39 Å². The third-order valence-electron chi connectivity index (χ3n) is 9.07. The molecular weight excluding hydrogens is 478 g/mol. The van der Waals surface area contributed by atoms with Gasteiger partial charge in [-0.15, -0.1) is 0 Å². The summed E-state index contributed by atoms with van der Waals surface area (Å²) in [6, 6.07) is 1.73. The zero-order valence-electron chi connectivity index (χ0n) is 23.9. The first-order chi connectivity index (χ1) is 18.5. The van der Waals surface area contributed by atoms with Gasteiger partial charge in [-0.1, -0.05) is 65.7 Å². The Hall–Kier alpha value is -2.04. The first-order valence-electron chi connectivity index (χ1n) is 15.4. The topological polar surface area (TPSA) is 35.0 Å². The van der Waals surface area contributed by atoms with Crippen molar-refractivity contribution in [2.45, 2.75) is 123 Å². The first-order valence-corrected chi connectivity index (χ1v) is 15.4. The van der Waals surface area contributed by atoms with Gasteiger partial charge in [0.15, 0.2) is 11.6 Å². The molecule has 0 spiro atoms. The number of halogens is 2. The van der Waals surface area contributed by atoms with Crippen LogP contribution in [0.25, 0.3) is 0 Å². The molecule has 0 aliphatic heterocycles. The molecule has 1 aromatic carbocycles. The summed E-state index contributed by atoms with van der Waals surface area (Å²) in [5, 5.41) is 0. The summed E-state index contributed by atoms with van der Waals surface area (Å²) in [4.78, 5) is 9.23. The number of aromatic nitrogens is 2. The molecule has 0 N–H and O–H groups in total. The maximum atomic E-state index is 15.1. The minimum atomic E-state index is -0.849. The van der Waals surface area contributed by atoms with Gasteiger partial charge in [-0.25, -0.2) is 14.4 Å². The molecule has 2 aliphatic rings. The molecule has 1 fully saturated rings. The van der Waals surface area contributed by atoms with Crippen LogP contribution in [0.2, 0.25) is 0 Å². The summed E-state index contributed by atoms with van der Waals surface area (Å²) in [6.45, 7) is 7.29. The van der Waals surface area contributed by atoms with Crippen LogP contribution in [0.1, 0.15) is 126 Å². The molecule has 38 heavy (non-hydrogen) atoms. The van der Waals surface area contributed by atoms with Gasteiger partial charge in [0.05, 0.1) is 6.61 Å². The minimum Gasteiger partial charge on any atom is -0.490 e. The van der Waals surface area contributed by atoms with Gasteiger partial charge >= 0.3 is 0 Å². The monoisotopic (exact) mass is 526 g/mol. The number of hydrogen-bond acceptors (Lipinski definition) is 3. The second kappa shape index (κ2) is 14.4. The zero-order valence-corrected chi connectivity index (χ0v) is 23.9. The lowest BCUT2D eigenvalue weighted by molar-refractivity contribution is 0.280. The summed E-state index contributed by atoms with van der Waals surface area (Å²) < 4.78 is 35.7. The van der Waals surface area contributed by atoms with Gasteiger partial charge in [0.2, 0.25) is 5.82 Å². The smallest absolute Gasteiger partial charge is 0.200 e. The molecule has 5 heteroatoms. The molecule has 1 aromatic heterocycles. The van der Waals surface area contributed by atoms with Crippen molar-refractivity contribution in [2.75, 3.05) is 6.61 Å². The first kappa shape index (κ1) is 29.0. The maximum Gasteiger partial charge on any atom is 0.200 e. The molecule has 1 saturated carbocycles. The highest BCUT2D eigenvalue weighted by atomic mass is 19.2. The third-order valence-corrected chi connectivity index (χ3v) is 9.07. The van der Waals surface area contributed by atoms with Crippen LogP contribution < -0.4 is 4.74 Å². The quantitative estimate of drug-likeness (QED) is 0.205. The SMILES string of the molecule is CCC(C)CCCCc1cnc(C2CCc3cc(OCCCCCC(CC)C4CC4)c(F)c(F)c3C2)nc1. The molecule has 210 valence electrons. The predicted octanol–water partition coefficient (Wildman–Crippen LogP) is 9.16.